The van der Waals surface area contributed by atoms with E-state index in [9.17, 15) is 9.59 Å². The van der Waals surface area contributed by atoms with Gasteiger partial charge in [0, 0.05) is 6.07 Å². The minimum absolute atomic E-state index is 0.0596. The van der Waals surface area contributed by atoms with E-state index in [4.69, 9.17) is 5.11 Å². The lowest BCUT2D eigenvalue weighted by molar-refractivity contribution is 0.0863. The van der Waals surface area contributed by atoms with Gasteiger partial charge in [-0.15, -0.1) is 0 Å². The van der Waals surface area contributed by atoms with Crippen molar-refractivity contribution in [3.8, 4) is 0 Å². The highest BCUT2D eigenvalue weighted by molar-refractivity contribution is 7.97. The van der Waals surface area contributed by atoms with E-state index in [1.165, 1.54) is 11.8 Å². The molecule has 0 atom stereocenters. The van der Waals surface area contributed by atoms with E-state index in [1.807, 2.05) is 6.26 Å². The third-order valence-electron chi connectivity index (χ3n) is 2.15. The lowest BCUT2D eigenvalue weighted by Crippen LogP contribution is -2.46. The van der Waals surface area contributed by atoms with Crippen LogP contribution in [0.3, 0.4) is 0 Å². The van der Waals surface area contributed by atoms with Gasteiger partial charge in [0.05, 0.1) is 17.9 Å². The van der Waals surface area contributed by atoms with Crippen molar-refractivity contribution in [3.05, 3.63) is 27.9 Å². The Morgan fingerprint density at radius 2 is 2.28 bits per heavy atom. The van der Waals surface area contributed by atoms with Gasteiger partial charge in [-0.2, -0.15) is 11.8 Å². The van der Waals surface area contributed by atoms with Crippen molar-refractivity contribution in [2.24, 2.45) is 0 Å². The number of aromatic nitrogens is 2. The average Bonchev–Trinajstić information content (AvgIpc) is 2.28. The molecule has 0 saturated carbocycles. The van der Waals surface area contributed by atoms with Gasteiger partial charge in [-0.25, -0.2) is 4.98 Å². The molecule has 0 radical (unpaired) electrons. The Balaban J connectivity index is 2.95. The third kappa shape index (κ3) is 4.15. The summed E-state index contributed by atoms with van der Waals surface area (Å²) in [6, 6.07) is 1.15. The highest BCUT2D eigenvalue weighted by atomic mass is 32.2. The van der Waals surface area contributed by atoms with E-state index in [1.54, 1.807) is 13.8 Å². The molecule has 0 aliphatic carbocycles. The Bertz CT molecular complexity index is 485. The summed E-state index contributed by atoms with van der Waals surface area (Å²) in [6.07, 6.45) is 1.88. The zero-order valence-electron chi connectivity index (χ0n) is 10.6. The van der Waals surface area contributed by atoms with Crippen molar-refractivity contribution >= 4 is 17.7 Å². The van der Waals surface area contributed by atoms with Gasteiger partial charge in [0.15, 0.2) is 0 Å². The summed E-state index contributed by atoms with van der Waals surface area (Å²) in [7, 11) is 0. The van der Waals surface area contributed by atoms with Gasteiger partial charge in [-0.05, 0) is 20.1 Å². The van der Waals surface area contributed by atoms with Gasteiger partial charge in [-0.3, -0.25) is 9.59 Å². The molecule has 0 saturated heterocycles. The fraction of sp³-hybridized carbons (Fsp3) is 0.545. The summed E-state index contributed by atoms with van der Waals surface area (Å²) in [5, 5.41) is 11.7. The SMILES string of the molecule is CSCc1nc(C(=O)NC(C)(C)CO)cc(=O)[nH]1. The summed E-state index contributed by atoms with van der Waals surface area (Å²) in [5.41, 5.74) is -1.05. The number of hydrogen-bond acceptors (Lipinski definition) is 5. The fourth-order valence-corrected chi connectivity index (χ4v) is 1.65. The van der Waals surface area contributed by atoms with Crippen molar-refractivity contribution in [2.45, 2.75) is 25.1 Å². The van der Waals surface area contributed by atoms with Crippen molar-refractivity contribution < 1.29 is 9.90 Å². The second kappa shape index (κ2) is 6.01. The normalized spacial score (nSPS) is 11.3. The quantitative estimate of drug-likeness (QED) is 0.707. The maximum Gasteiger partial charge on any atom is 0.270 e. The maximum atomic E-state index is 11.9. The van der Waals surface area contributed by atoms with Crippen LogP contribution in [-0.4, -0.2) is 39.4 Å². The van der Waals surface area contributed by atoms with Crippen LogP contribution in [0.5, 0.6) is 0 Å². The van der Waals surface area contributed by atoms with E-state index in [-0.39, 0.29) is 17.9 Å². The number of hydrogen-bond donors (Lipinski definition) is 3. The molecule has 1 aromatic rings. The zero-order valence-corrected chi connectivity index (χ0v) is 11.4. The molecule has 3 N–H and O–H groups in total. The number of nitrogens with zero attached hydrogens (tertiary/aromatic N) is 1. The van der Waals surface area contributed by atoms with Gasteiger partial charge >= 0.3 is 0 Å². The Morgan fingerprint density at radius 3 is 2.83 bits per heavy atom. The number of rotatable bonds is 5. The largest absolute Gasteiger partial charge is 0.394 e. The van der Waals surface area contributed by atoms with Crippen molar-refractivity contribution in [1.82, 2.24) is 15.3 Å². The van der Waals surface area contributed by atoms with Gasteiger partial charge in [0.2, 0.25) is 0 Å². The second-order valence-electron chi connectivity index (χ2n) is 4.51. The zero-order chi connectivity index (χ0) is 13.8. The van der Waals surface area contributed by atoms with E-state index in [2.05, 4.69) is 15.3 Å². The molecule has 0 bridgehead atoms. The number of aliphatic hydroxyl groups is 1. The van der Waals surface area contributed by atoms with E-state index < -0.39 is 11.4 Å². The first-order chi connectivity index (χ1) is 8.38. The van der Waals surface area contributed by atoms with Crippen molar-refractivity contribution in [1.29, 1.82) is 0 Å². The number of aromatic amines is 1. The summed E-state index contributed by atoms with van der Waals surface area (Å²) in [6.45, 7) is 3.17. The summed E-state index contributed by atoms with van der Waals surface area (Å²) >= 11 is 1.50. The molecule has 100 valence electrons. The van der Waals surface area contributed by atoms with Crippen LogP contribution in [0, 0.1) is 0 Å². The standard InChI is InChI=1S/C11H17N3O3S/c1-11(2,6-15)14-10(17)7-4-9(16)13-8(12-7)5-18-3/h4,15H,5-6H2,1-3H3,(H,14,17)(H,12,13,16). The van der Waals surface area contributed by atoms with Crippen LogP contribution < -0.4 is 10.9 Å². The molecule has 7 heteroatoms. The molecule has 0 spiro atoms. The van der Waals surface area contributed by atoms with Crippen LogP contribution in [0.2, 0.25) is 0 Å². The minimum atomic E-state index is -0.749. The first-order valence-electron chi connectivity index (χ1n) is 5.40. The van der Waals surface area contributed by atoms with Crippen molar-refractivity contribution in [2.75, 3.05) is 12.9 Å². The van der Waals surface area contributed by atoms with Gasteiger partial charge in [0.25, 0.3) is 11.5 Å². The topological polar surface area (TPSA) is 95.1 Å². The molecule has 0 fully saturated rings. The van der Waals surface area contributed by atoms with Crippen LogP contribution in [-0.2, 0) is 5.75 Å². The van der Waals surface area contributed by atoms with Crippen molar-refractivity contribution in [3.63, 3.8) is 0 Å². The number of carbonyl (C=O) groups is 1. The predicted octanol–water partition coefficient (Wildman–Crippen LogP) is 0.134. The third-order valence-corrected chi connectivity index (χ3v) is 2.71. The number of aliphatic hydroxyl groups excluding tert-OH is 1. The lowest BCUT2D eigenvalue weighted by Gasteiger charge is -2.23. The Morgan fingerprint density at radius 1 is 1.61 bits per heavy atom. The van der Waals surface area contributed by atoms with E-state index in [0.717, 1.165) is 6.07 Å². The molecule has 1 amide bonds. The minimum Gasteiger partial charge on any atom is -0.394 e. The predicted molar refractivity (Wildman–Crippen MR) is 70.7 cm³/mol. The molecule has 18 heavy (non-hydrogen) atoms. The highest BCUT2D eigenvalue weighted by Gasteiger charge is 2.21. The monoisotopic (exact) mass is 271 g/mol. The van der Waals surface area contributed by atoms with Gasteiger partial charge in [-0.1, -0.05) is 0 Å². The number of carbonyl (C=O) groups excluding carboxylic acids is 1. The first kappa shape index (κ1) is 14.7. The first-order valence-corrected chi connectivity index (χ1v) is 6.80. The van der Waals surface area contributed by atoms with Crippen LogP contribution in [0.1, 0.15) is 30.2 Å². The second-order valence-corrected chi connectivity index (χ2v) is 5.37. The average molecular weight is 271 g/mol. The Kier molecular flexibility index (Phi) is 4.92. The molecule has 1 aromatic heterocycles. The molecular formula is C11H17N3O3S. The fourth-order valence-electron chi connectivity index (χ4n) is 1.24. The van der Waals surface area contributed by atoms with E-state index in [0.29, 0.717) is 11.6 Å². The number of H-pyrrole nitrogens is 1. The highest BCUT2D eigenvalue weighted by Crippen LogP contribution is 2.05. The molecule has 0 aliphatic heterocycles. The smallest absolute Gasteiger partial charge is 0.270 e. The molecular weight excluding hydrogens is 254 g/mol. The van der Waals surface area contributed by atoms with Crippen LogP contribution in [0.15, 0.2) is 10.9 Å². The molecule has 1 rings (SSSR count). The molecule has 0 aliphatic rings. The Hall–Kier alpha value is -1.34. The Labute approximate surface area is 109 Å². The van der Waals surface area contributed by atoms with Gasteiger partial charge < -0.3 is 15.4 Å². The summed E-state index contributed by atoms with van der Waals surface area (Å²) in [4.78, 5) is 29.9. The van der Waals surface area contributed by atoms with Crippen LogP contribution >= 0.6 is 11.8 Å². The van der Waals surface area contributed by atoms with Crippen LogP contribution in [0.4, 0.5) is 0 Å². The van der Waals surface area contributed by atoms with Crippen LogP contribution in [0.25, 0.3) is 0 Å². The summed E-state index contributed by atoms with van der Waals surface area (Å²) in [5.74, 6) is 0.518. The molecule has 6 nitrogen and oxygen atoms in total. The molecule has 0 aromatic carbocycles. The number of amides is 1. The number of nitrogens with one attached hydrogen (secondary N) is 2. The summed E-state index contributed by atoms with van der Waals surface area (Å²) < 4.78 is 0. The van der Waals surface area contributed by atoms with E-state index >= 15 is 0 Å². The lowest BCUT2D eigenvalue weighted by atomic mass is 10.1. The number of thioether (sulfide) groups is 1. The van der Waals surface area contributed by atoms with Gasteiger partial charge in [0.1, 0.15) is 11.5 Å². The maximum absolute atomic E-state index is 11.9. The molecule has 1 heterocycles. The molecule has 0 unspecified atom stereocenters.